The lowest BCUT2D eigenvalue weighted by Crippen LogP contribution is -2.41. The molecule has 0 saturated heterocycles. The molecule has 0 fully saturated rings. The Morgan fingerprint density at radius 2 is 1.72 bits per heavy atom. The number of nitrogens with one attached hydrogen (secondary N) is 2. The van der Waals surface area contributed by atoms with Crippen LogP contribution in [-0.4, -0.2) is 35.7 Å². The number of carbonyl (C=O) groups is 1. The fourth-order valence-electron chi connectivity index (χ4n) is 3.19. The average Bonchev–Trinajstić information content (AvgIpc) is 2.66. The number of aliphatic hydroxyl groups is 1. The van der Waals surface area contributed by atoms with Gasteiger partial charge in [-0.05, 0) is 28.7 Å². The second-order valence-electron chi connectivity index (χ2n) is 6.33. The van der Waals surface area contributed by atoms with Crippen molar-refractivity contribution in [3.8, 4) is 0 Å². The minimum Gasteiger partial charge on any atom is -0.392 e. The summed E-state index contributed by atoms with van der Waals surface area (Å²) in [6, 6.07) is 15.9. The SMILES string of the molecule is O=C(NCCN1CCc2ccccc2C1)NCc1ccccc1CO. The maximum atomic E-state index is 12.0. The van der Waals surface area contributed by atoms with Crippen molar-refractivity contribution < 1.29 is 9.90 Å². The molecule has 2 aromatic carbocycles. The minimum atomic E-state index is -0.176. The second kappa shape index (κ2) is 8.65. The first-order valence-corrected chi connectivity index (χ1v) is 8.75. The zero-order chi connectivity index (χ0) is 17.5. The van der Waals surface area contributed by atoms with Gasteiger partial charge in [-0.2, -0.15) is 0 Å². The molecule has 0 spiro atoms. The molecule has 0 aliphatic carbocycles. The number of carbonyl (C=O) groups excluding carboxylic acids is 1. The Balaban J connectivity index is 1.39. The van der Waals surface area contributed by atoms with Gasteiger partial charge >= 0.3 is 6.03 Å². The molecule has 0 saturated carbocycles. The monoisotopic (exact) mass is 339 g/mol. The standard InChI is InChI=1S/C20H25N3O2/c24-15-19-8-4-2-6-17(19)13-22-20(25)21-10-12-23-11-9-16-5-1-3-7-18(16)14-23/h1-8,24H,9-15H2,(H2,21,22,25). The van der Waals surface area contributed by atoms with Crippen LogP contribution in [0.4, 0.5) is 4.79 Å². The van der Waals surface area contributed by atoms with Gasteiger partial charge in [0, 0.05) is 32.7 Å². The Bertz CT molecular complexity index is 718. The molecule has 0 atom stereocenters. The highest BCUT2D eigenvalue weighted by atomic mass is 16.3. The van der Waals surface area contributed by atoms with Gasteiger partial charge in [-0.3, -0.25) is 4.90 Å². The molecule has 3 rings (SSSR count). The maximum absolute atomic E-state index is 12.0. The van der Waals surface area contributed by atoms with Crippen molar-refractivity contribution in [2.75, 3.05) is 19.6 Å². The first-order valence-electron chi connectivity index (χ1n) is 8.75. The Hall–Kier alpha value is -2.37. The van der Waals surface area contributed by atoms with Gasteiger partial charge in [0.15, 0.2) is 0 Å². The summed E-state index contributed by atoms with van der Waals surface area (Å²) in [6.45, 7) is 3.84. The molecule has 2 aromatic rings. The molecule has 1 aliphatic rings. The lowest BCUT2D eigenvalue weighted by atomic mass is 10.00. The third kappa shape index (κ3) is 4.81. The summed E-state index contributed by atoms with van der Waals surface area (Å²) in [7, 11) is 0. The summed E-state index contributed by atoms with van der Waals surface area (Å²) < 4.78 is 0. The van der Waals surface area contributed by atoms with Gasteiger partial charge in [0.05, 0.1) is 6.61 Å². The number of fused-ring (bicyclic) bond motifs is 1. The van der Waals surface area contributed by atoms with E-state index < -0.39 is 0 Å². The summed E-state index contributed by atoms with van der Waals surface area (Å²) in [4.78, 5) is 14.3. The first kappa shape index (κ1) is 17.5. The van der Waals surface area contributed by atoms with Gasteiger partial charge in [-0.1, -0.05) is 48.5 Å². The predicted octanol–water partition coefficient (Wildman–Crippen LogP) is 2.04. The largest absolute Gasteiger partial charge is 0.392 e. The van der Waals surface area contributed by atoms with Gasteiger partial charge < -0.3 is 15.7 Å². The molecule has 0 aromatic heterocycles. The van der Waals surface area contributed by atoms with Crippen molar-refractivity contribution in [2.24, 2.45) is 0 Å². The number of nitrogens with zero attached hydrogens (tertiary/aromatic N) is 1. The highest BCUT2D eigenvalue weighted by molar-refractivity contribution is 5.73. The van der Waals surface area contributed by atoms with Crippen LogP contribution in [0.1, 0.15) is 22.3 Å². The molecule has 132 valence electrons. The van der Waals surface area contributed by atoms with E-state index in [9.17, 15) is 9.90 Å². The number of hydrogen-bond donors (Lipinski definition) is 3. The summed E-state index contributed by atoms with van der Waals surface area (Å²) in [5.74, 6) is 0. The molecule has 1 aliphatic heterocycles. The van der Waals surface area contributed by atoms with Crippen LogP contribution in [0.25, 0.3) is 0 Å². The number of urea groups is 1. The Morgan fingerprint density at radius 3 is 2.52 bits per heavy atom. The molecule has 0 radical (unpaired) electrons. The molecule has 3 N–H and O–H groups in total. The number of rotatable bonds is 6. The van der Waals surface area contributed by atoms with Crippen molar-refractivity contribution in [1.82, 2.24) is 15.5 Å². The third-order valence-electron chi connectivity index (χ3n) is 4.65. The van der Waals surface area contributed by atoms with Crippen molar-refractivity contribution in [1.29, 1.82) is 0 Å². The van der Waals surface area contributed by atoms with Crippen molar-refractivity contribution >= 4 is 6.03 Å². The van der Waals surface area contributed by atoms with E-state index in [4.69, 9.17) is 0 Å². The molecule has 5 heteroatoms. The van der Waals surface area contributed by atoms with E-state index in [-0.39, 0.29) is 12.6 Å². The van der Waals surface area contributed by atoms with Crippen molar-refractivity contribution in [3.05, 3.63) is 70.8 Å². The van der Waals surface area contributed by atoms with E-state index >= 15 is 0 Å². The Morgan fingerprint density at radius 1 is 1.00 bits per heavy atom. The van der Waals surface area contributed by atoms with Crippen LogP contribution >= 0.6 is 0 Å². The first-order chi connectivity index (χ1) is 12.3. The second-order valence-corrected chi connectivity index (χ2v) is 6.33. The molecule has 5 nitrogen and oxygen atoms in total. The van der Waals surface area contributed by atoms with Crippen LogP contribution in [0.3, 0.4) is 0 Å². The van der Waals surface area contributed by atoms with Crippen LogP contribution in [0.5, 0.6) is 0 Å². The fraction of sp³-hybridized carbons (Fsp3) is 0.350. The van der Waals surface area contributed by atoms with Gasteiger partial charge in [0.2, 0.25) is 0 Å². The van der Waals surface area contributed by atoms with Gasteiger partial charge in [0.1, 0.15) is 0 Å². The highest BCUT2D eigenvalue weighted by Gasteiger charge is 2.15. The summed E-state index contributed by atoms with van der Waals surface area (Å²) >= 11 is 0. The molecule has 0 unspecified atom stereocenters. The van der Waals surface area contributed by atoms with Crippen LogP contribution in [0, 0.1) is 0 Å². The number of amides is 2. The van der Waals surface area contributed by atoms with Gasteiger partial charge in [0.25, 0.3) is 0 Å². The van der Waals surface area contributed by atoms with E-state index in [0.717, 1.165) is 37.2 Å². The molecule has 25 heavy (non-hydrogen) atoms. The number of benzene rings is 2. The number of hydrogen-bond acceptors (Lipinski definition) is 3. The zero-order valence-corrected chi connectivity index (χ0v) is 14.4. The lowest BCUT2D eigenvalue weighted by Gasteiger charge is -2.28. The van der Waals surface area contributed by atoms with E-state index in [1.807, 2.05) is 24.3 Å². The van der Waals surface area contributed by atoms with Crippen molar-refractivity contribution in [3.63, 3.8) is 0 Å². The highest BCUT2D eigenvalue weighted by Crippen LogP contribution is 2.17. The Labute approximate surface area is 148 Å². The number of aliphatic hydroxyl groups excluding tert-OH is 1. The van der Waals surface area contributed by atoms with Crippen LogP contribution in [-0.2, 0) is 26.1 Å². The molecular formula is C20H25N3O2. The average molecular weight is 339 g/mol. The zero-order valence-electron chi connectivity index (χ0n) is 14.4. The van der Waals surface area contributed by atoms with Gasteiger partial charge in [-0.25, -0.2) is 4.79 Å². The molecule has 2 amide bonds. The smallest absolute Gasteiger partial charge is 0.315 e. The minimum absolute atomic E-state index is 0.0179. The fourth-order valence-corrected chi connectivity index (χ4v) is 3.19. The quantitative estimate of drug-likeness (QED) is 0.755. The van der Waals surface area contributed by atoms with E-state index in [0.29, 0.717) is 13.1 Å². The normalized spacial score (nSPS) is 14.0. The molecule has 0 bridgehead atoms. The molecule has 1 heterocycles. The van der Waals surface area contributed by atoms with Crippen LogP contribution < -0.4 is 10.6 Å². The summed E-state index contributed by atoms with van der Waals surface area (Å²) in [6.07, 6.45) is 1.07. The van der Waals surface area contributed by atoms with Crippen LogP contribution in [0.2, 0.25) is 0 Å². The lowest BCUT2D eigenvalue weighted by molar-refractivity contribution is 0.230. The summed E-state index contributed by atoms with van der Waals surface area (Å²) in [5.41, 5.74) is 4.60. The van der Waals surface area contributed by atoms with E-state index in [1.54, 1.807) is 0 Å². The topological polar surface area (TPSA) is 64.6 Å². The third-order valence-corrected chi connectivity index (χ3v) is 4.65. The van der Waals surface area contributed by atoms with E-state index in [1.165, 1.54) is 11.1 Å². The van der Waals surface area contributed by atoms with Gasteiger partial charge in [-0.15, -0.1) is 0 Å². The maximum Gasteiger partial charge on any atom is 0.315 e. The Kier molecular flexibility index (Phi) is 6.04. The summed E-state index contributed by atoms with van der Waals surface area (Å²) in [5, 5.41) is 15.1. The van der Waals surface area contributed by atoms with Crippen LogP contribution in [0.15, 0.2) is 48.5 Å². The van der Waals surface area contributed by atoms with E-state index in [2.05, 4.69) is 39.8 Å². The van der Waals surface area contributed by atoms with Crippen molar-refractivity contribution in [2.45, 2.75) is 26.1 Å². The predicted molar refractivity (Wildman–Crippen MR) is 98.0 cm³/mol. The molecular weight excluding hydrogens is 314 g/mol.